The summed E-state index contributed by atoms with van der Waals surface area (Å²) in [5, 5.41) is 0. The number of rotatable bonds is 4. The lowest BCUT2D eigenvalue weighted by atomic mass is 10.0. The smallest absolute Gasteiger partial charge is 0.280 e. The third kappa shape index (κ3) is 3.54. The summed E-state index contributed by atoms with van der Waals surface area (Å²) in [6.45, 7) is 6.07. The van der Waals surface area contributed by atoms with E-state index in [4.69, 9.17) is 0 Å². The maximum Gasteiger partial charge on any atom is 0.280 e. The van der Waals surface area contributed by atoms with Crippen LogP contribution in [0.3, 0.4) is 0 Å². The van der Waals surface area contributed by atoms with Crippen molar-refractivity contribution in [2.45, 2.75) is 39.7 Å². The van der Waals surface area contributed by atoms with Crippen molar-refractivity contribution in [1.82, 2.24) is 9.03 Å². The summed E-state index contributed by atoms with van der Waals surface area (Å²) >= 11 is 0. The van der Waals surface area contributed by atoms with Gasteiger partial charge in [-0.05, 0) is 32.6 Å². The van der Waals surface area contributed by atoms with Crippen LogP contribution in [0.2, 0.25) is 0 Å². The molecule has 0 aromatic rings. The van der Waals surface area contributed by atoms with Crippen LogP contribution in [-0.4, -0.2) is 37.6 Å². The zero-order valence-electron chi connectivity index (χ0n) is 10.1. The van der Waals surface area contributed by atoms with Crippen LogP contribution in [0.1, 0.15) is 33.6 Å². The molecule has 0 spiro atoms. The minimum atomic E-state index is -3.50. The second kappa shape index (κ2) is 5.25. The molecule has 1 saturated heterocycles. The van der Waals surface area contributed by atoms with Gasteiger partial charge in [0.1, 0.15) is 5.78 Å². The molecule has 0 radical (unpaired) electrons. The molecule has 2 atom stereocenters. The predicted octanol–water partition coefficient (Wildman–Crippen LogP) is 0.530. The SMILES string of the molecule is CC(=O)C(C)NS(=O)(=O)N1CCCC(C)C1. The average molecular weight is 248 g/mol. The molecular weight excluding hydrogens is 228 g/mol. The molecule has 1 aliphatic heterocycles. The van der Waals surface area contributed by atoms with Crippen LogP contribution < -0.4 is 4.72 Å². The first-order valence-corrected chi connectivity index (χ1v) is 7.05. The summed E-state index contributed by atoms with van der Waals surface area (Å²) in [4.78, 5) is 11.0. The zero-order valence-corrected chi connectivity index (χ0v) is 10.9. The van der Waals surface area contributed by atoms with Crippen LogP contribution in [0.25, 0.3) is 0 Å². The second-order valence-corrected chi connectivity index (χ2v) is 6.26. The number of hydrogen-bond donors (Lipinski definition) is 1. The molecule has 5 nitrogen and oxygen atoms in total. The third-order valence-corrected chi connectivity index (χ3v) is 4.56. The third-order valence-electron chi connectivity index (χ3n) is 2.90. The van der Waals surface area contributed by atoms with Gasteiger partial charge in [-0.1, -0.05) is 6.92 Å². The molecule has 1 heterocycles. The number of ketones is 1. The van der Waals surface area contributed by atoms with E-state index in [0.717, 1.165) is 12.8 Å². The summed E-state index contributed by atoms with van der Waals surface area (Å²) in [5.41, 5.74) is 0. The van der Waals surface area contributed by atoms with E-state index in [-0.39, 0.29) is 5.78 Å². The van der Waals surface area contributed by atoms with E-state index in [0.29, 0.717) is 19.0 Å². The van der Waals surface area contributed by atoms with Crippen molar-refractivity contribution in [2.24, 2.45) is 5.92 Å². The van der Waals surface area contributed by atoms with Gasteiger partial charge in [-0.25, -0.2) is 0 Å². The Morgan fingerprint density at radius 3 is 2.62 bits per heavy atom. The molecule has 94 valence electrons. The summed E-state index contributed by atoms with van der Waals surface area (Å²) in [7, 11) is -3.50. The molecule has 16 heavy (non-hydrogen) atoms. The fourth-order valence-electron chi connectivity index (χ4n) is 1.75. The molecule has 0 aromatic heterocycles. The fraction of sp³-hybridized carbons (Fsp3) is 0.900. The number of Topliss-reactive ketones (excluding diaryl/α,β-unsaturated/α-hetero) is 1. The van der Waals surface area contributed by atoms with Crippen LogP contribution >= 0.6 is 0 Å². The lowest BCUT2D eigenvalue weighted by Gasteiger charge is -2.30. The zero-order chi connectivity index (χ0) is 12.3. The van der Waals surface area contributed by atoms with Crippen molar-refractivity contribution in [3.8, 4) is 0 Å². The topological polar surface area (TPSA) is 66.5 Å². The van der Waals surface area contributed by atoms with E-state index < -0.39 is 16.3 Å². The van der Waals surface area contributed by atoms with Crippen LogP contribution in [0.15, 0.2) is 0 Å². The number of carbonyl (C=O) groups excluding carboxylic acids is 1. The lowest BCUT2D eigenvalue weighted by Crippen LogP contribution is -2.49. The molecular formula is C10H20N2O3S. The van der Waals surface area contributed by atoms with Crippen LogP contribution in [-0.2, 0) is 15.0 Å². The fourth-order valence-corrected chi connectivity index (χ4v) is 3.33. The molecule has 0 bridgehead atoms. The van der Waals surface area contributed by atoms with Crippen molar-refractivity contribution in [2.75, 3.05) is 13.1 Å². The highest BCUT2D eigenvalue weighted by Crippen LogP contribution is 2.17. The van der Waals surface area contributed by atoms with E-state index in [2.05, 4.69) is 4.72 Å². The Morgan fingerprint density at radius 1 is 1.50 bits per heavy atom. The van der Waals surface area contributed by atoms with Crippen molar-refractivity contribution >= 4 is 16.0 Å². The molecule has 0 saturated carbocycles. The summed E-state index contributed by atoms with van der Waals surface area (Å²) in [5.74, 6) is 0.214. The monoisotopic (exact) mass is 248 g/mol. The highest BCUT2D eigenvalue weighted by molar-refractivity contribution is 7.87. The highest BCUT2D eigenvalue weighted by atomic mass is 32.2. The predicted molar refractivity (Wildman–Crippen MR) is 62.2 cm³/mol. The van der Waals surface area contributed by atoms with Crippen LogP contribution in [0, 0.1) is 5.92 Å². The molecule has 1 aliphatic rings. The molecule has 0 amide bonds. The maximum atomic E-state index is 11.9. The minimum absolute atomic E-state index is 0.173. The molecule has 2 unspecified atom stereocenters. The van der Waals surface area contributed by atoms with E-state index in [1.807, 2.05) is 6.92 Å². The van der Waals surface area contributed by atoms with Gasteiger partial charge in [-0.3, -0.25) is 4.79 Å². The normalized spacial score (nSPS) is 25.3. The van der Waals surface area contributed by atoms with Gasteiger partial charge in [0.05, 0.1) is 6.04 Å². The number of nitrogens with zero attached hydrogens (tertiary/aromatic N) is 1. The Bertz CT molecular complexity index is 353. The average Bonchev–Trinajstić information content (AvgIpc) is 2.17. The molecule has 1 rings (SSSR count). The second-order valence-electron chi connectivity index (χ2n) is 4.56. The van der Waals surface area contributed by atoms with Crippen LogP contribution in [0.5, 0.6) is 0 Å². The van der Waals surface area contributed by atoms with Gasteiger partial charge < -0.3 is 0 Å². The van der Waals surface area contributed by atoms with Gasteiger partial charge in [0.2, 0.25) is 0 Å². The maximum absolute atomic E-state index is 11.9. The van der Waals surface area contributed by atoms with Crippen molar-refractivity contribution < 1.29 is 13.2 Å². The lowest BCUT2D eigenvalue weighted by molar-refractivity contribution is -0.118. The van der Waals surface area contributed by atoms with E-state index in [9.17, 15) is 13.2 Å². The standard InChI is InChI=1S/C10H20N2O3S/c1-8-5-4-6-12(7-8)16(14,15)11-9(2)10(3)13/h8-9,11H,4-7H2,1-3H3. The first-order valence-electron chi connectivity index (χ1n) is 5.61. The van der Waals surface area contributed by atoms with Gasteiger partial charge in [0.25, 0.3) is 10.2 Å². The Balaban J connectivity index is 2.66. The van der Waals surface area contributed by atoms with E-state index >= 15 is 0 Å². The summed E-state index contributed by atoms with van der Waals surface area (Å²) in [6.07, 6.45) is 1.95. The first-order chi connectivity index (χ1) is 7.33. The number of piperidine rings is 1. The Morgan fingerprint density at radius 2 is 2.12 bits per heavy atom. The Labute approximate surface area is 97.4 Å². The van der Waals surface area contributed by atoms with Gasteiger partial charge in [0, 0.05) is 13.1 Å². The Kier molecular flexibility index (Phi) is 4.46. The van der Waals surface area contributed by atoms with Gasteiger partial charge in [-0.15, -0.1) is 0 Å². The molecule has 6 heteroatoms. The van der Waals surface area contributed by atoms with Gasteiger partial charge in [0.15, 0.2) is 0 Å². The molecule has 0 aliphatic carbocycles. The quantitative estimate of drug-likeness (QED) is 0.789. The van der Waals surface area contributed by atoms with Crippen molar-refractivity contribution in [3.63, 3.8) is 0 Å². The van der Waals surface area contributed by atoms with Crippen molar-refractivity contribution in [1.29, 1.82) is 0 Å². The van der Waals surface area contributed by atoms with Crippen LogP contribution in [0.4, 0.5) is 0 Å². The molecule has 1 fully saturated rings. The largest absolute Gasteiger partial charge is 0.298 e. The van der Waals surface area contributed by atoms with E-state index in [1.54, 1.807) is 6.92 Å². The van der Waals surface area contributed by atoms with Crippen molar-refractivity contribution in [3.05, 3.63) is 0 Å². The molecule has 1 N–H and O–H groups in total. The minimum Gasteiger partial charge on any atom is -0.298 e. The first kappa shape index (κ1) is 13.6. The number of hydrogen-bond acceptors (Lipinski definition) is 3. The van der Waals surface area contributed by atoms with E-state index in [1.165, 1.54) is 11.2 Å². The van der Waals surface area contributed by atoms with Gasteiger partial charge in [-0.2, -0.15) is 17.4 Å². The number of nitrogens with one attached hydrogen (secondary N) is 1. The summed E-state index contributed by atoms with van der Waals surface area (Å²) in [6, 6.07) is -0.651. The summed E-state index contributed by atoms with van der Waals surface area (Å²) < 4.78 is 27.6. The molecule has 0 aromatic carbocycles. The highest BCUT2D eigenvalue weighted by Gasteiger charge is 2.28. The van der Waals surface area contributed by atoms with Gasteiger partial charge >= 0.3 is 0 Å². The Hall–Kier alpha value is -0.460. The number of carbonyl (C=O) groups is 1.